The summed E-state index contributed by atoms with van der Waals surface area (Å²) in [6.45, 7) is 5.34. The highest BCUT2D eigenvalue weighted by molar-refractivity contribution is 7.80. The van der Waals surface area contributed by atoms with Gasteiger partial charge in [-0.1, -0.05) is 12.1 Å². The maximum Gasteiger partial charge on any atom is 0.174 e. The summed E-state index contributed by atoms with van der Waals surface area (Å²) in [5, 5.41) is 4.14. The molecule has 1 N–H and O–H groups in total. The molecule has 1 atom stereocenters. The number of ether oxygens (including phenoxy) is 4. The van der Waals surface area contributed by atoms with Crippen molar-refractivity contribution in [1.82, 2.24) is 4.90 Å². The summed E-state index contributed by atoms with van der Waals surface area (Å²) in [7, 11) is 4.96. The van der Waals surface area contributed by atoms with Crippen LogP contribution in [0.3, 0.4) is 0 Å². The average molecular weight is 493 g/mol. The van der Waals surface area contributed by atoms with Crippen LogP contribution in [0.1, 0.15) is 28.3 Å². The molecule has 1 unspecified atom stereocenters. The second kappa shape index (κ2) is 10.9. The Bertz CT molecular complexity index is 1200. The smallest absolute Gasteiger partial charge is 0.174 e. The van der Waals surface area contributed by atoms with Crippen molar-refractivity contribution in [2.75, 3.05) is 39.8 Å². The second-order valence-corrected chi connectivity index (χ2v) is 8.99. The second-order valence-electron chi connectivity index (χ2n) is 8.60. The van der Waals surface area contributed by atoms with Crippen molar-refractivity contribution in [1.29, 1.82) is 0 Å². The predicted molar refractivity (Wildman–Crippen MR) is 143 cm³/mol. The molecule has 0 spiro atoms. The lowest BCUT2D eigenvalue weighted by Crippen LogP contribution is -2.44. The summed E-state index contributed by atoms with van der Waals surface area (Å²) in [5.41, 5.74) is 5.67. The van der Waals surface area contributed by atoms with E-state index in [1.165, 1.54) is 11.1 Å². The van der Waals surface area contributed by atoms with Gasteiger partial charge in [-0.05, 0) is 97.2 Å². The minimum atomic E-state index is -0.106. The van der Waals surface area contributed by atoms with Crippen molar-refractivity contribution >= 4 is 23.0 Å². The van der Waals surface area contributed by atoms with Gasteiger partial charge in [0.15, 0.2) is 16.6 Å². The molecule has 35 heavy (non-hydrogen) atoms. The third-order valence-electron chi connectivity index (χ3n) is 6.37. The van der Waals surface area contributed by atoms with Gasteiger partial charge in [0, 0.05) is 12.2 Å². The van der Waals surface area contributed by atoms with E-state index in [0.717, 1.165) is 47.0 Å². The van der Waals surface area contributed by atoms with E-state index >= 15 is 0 Å². The number of rotatable bonds is 7. The van der Waals surface area contributed by atoms with Crippen LogP contribution in [0.25, 0.3) is 0 Å². The van der Waals surface area contributed by atoms with Gasteiger partial charge in [-0.3, -0.25) is 0 Å². The number of anilines is 1. The van der Waals surface area contributed by atoms with Crippen LogP contribution < -0.4 is 24.3 Å². The zero-order chi connectivity index (χ0) is 24.9. The summed E-state index contributed by atoms with van der Waals surface area (Å²) in [4.78, 5) is 2.20. The number of methoxy groups -OCH3 is 3. The molecular formula is C28H32N2O4S. The Labute approximate surface area is 212 Å². The van der Waals surface area contributed by atoms with Gasteiger partial charge < -0.3 is 29.2 Å². The summed E-state index contributed by atoms with van der Waals surface area (Å²) < 4.78 is 22.7. The lowest BCUT2D eigenvalue weighted by atomic mass is 9.92. The fourth-order valence-electron chi connectivity index (χ4n) is 4.36. The minimum Gasteiger partial charge on any atom is -0.497 e. The monoisotopic (exact) mass is 492 g/mol. The van der Waals surface area contributed by atoms with Crippen molar-refractivity contribution in [3.05, 3.63) is 76.9 Å². The van der Waals surface area contributed by atoms with Crippen molar-refractivity contribution in [3.63, 3.8) is 0 Å². The zero-order valence-corrected chi connectivity index (χ0v) is 21.7. The molecule has 1 heterocycles. The fraction of sp³-hybridized carbons (Fsp3) is 0.321. The van der Waals surface area contributed by atoms with Gasteiger partial charge in [-0.25, -0.2) is 0 Å². The summed E-state index contributed by atoms with van der Waals surface area (Å²) in [6.07, 6.45) is 0.837. The number of benzene rings is 3. The Kier molecular flexibility index (Phi) is 7.66. The first kappa shape index (κ1) is 24.7. The highest BCUT2D eigenvalue weighted by atomic mass is 32.1. The lowest BCUT2D eigenvalue weighted by Gasteiger charge is -2.39. The molecular weight excluding hydrogens is 460 g/mol. The molecule has 0 fully saturated rings. The van der Waals surface area contributed by atoms with Gasteiger partial charge >= 0.3 is 0 Å². The maximum absolute atomic E-state index is 6.25. The fourth-order valence-corrected chi connectivity index (χ4v) is 4.68. The summed E-state index contributed by atoms with van der Waals surface area (Å²) in [5.74, 6) is 2.98. The highest BCUT2D eigenvalue weighted by Crippen LogP contribution is 2.39. The van der Waals surface area contributed by atoms with Crippen LogP contribution in [0.5, 0.6) is 23.0 Å². The van der Waals surface area contributed by atoms with E-state index in [1.807, 2.05) is 30.3 Å². The van der Waals surface area contributed by atoms with Crippen LogP contribution in [0, 0.1) is 13.8 Å². The van der Waals surface area contributed by atoms with Gasteiger partial charge in [0.05, 0.1) is 27.4 Å². The molecule has 7 heteroatoms. The molecule has 1 aliphatic heterocycles. The zero-order valence-electron chi connectivity index (χ0n) is 20.9. The number of fused-ring (bicyclic) bond motifs is 1. The van der Waals surface area contributed by atoms with E-state index in [9.17, 15) is 0 Å². The largest absolute Gasteiger partial charge is 0.497 e. The van der Waals surface area contributed by atoms with Crippen molar-refractivity contribution in [2.24, 2.45) is 0 Å². The van der Waals surface area contributed by atoms with Crippen molar-refractivity contribution < 1.29 is 18.9 Å². The van der Waals surface area contributed by atoms with Gasteiger partial charge in [-0.2, -0.15) is 0 Å². The quantitative estimate of drug-likeness (QED) is 0.424. The van der Waals surface area contributed by atoms with Crippen molar-refractivity contribution in [3.8, 4) is 23.0 Å². The van der Waals surface area contributed by atoms with Gasteiger partial charge in [0.2, 0.25) is 0 Å². The van der Waals surface area contributed by atoms with Crippen LogP contribution in [0.4, 0.5) is 5.69 Å². The van der Waals surface area contributed by atoms with E-state index in [1.54, 1.807) is 21.3 Å². The molecule has 3 aromatic rings. The van der Waals surface area contributed by atoms with E-state index < -0.39 is 0 Å². The average Bonchev–Trinajstić information content (AvgIpc) is 2.88. The molecule has 3 aromatic carbocycles. The third-order valence-corrected chi connectivity index (χ3v) is 6.70. The first-order chi connectivity index (χ1) is 16.9. The maximum atomic E-state index is 6.25. The summed E-state index contributed by atoms with van der Waals surface area (Å²) in [6, 6.07) is 17.9. The first-order valence-corrected chi connectivity index (χ1v) is 12.0. The van der Waals surface area contributed by atoms with Gasteiger partial charge in [0.25, 0.3) is 0 Å². The number of hydrogen-bond donors (Lipinski definition) is 1. The normalized spacial score (nSPS) is 14.7. The van der Waals surface area contributed by atoms with Crippen LogP contribution >= 0.6 is 12.2 Å². The molecule has 1 aliphatic rings. The number of hydrogen-bond acceptors (Lipinski definition) is 5. The molecule has 4 rings (SSSR count). The van der Waals surface area contributed by atoms with Crippen LogP contribution in [0.15, 0.2) is 54.6 Å². The number of nitrogens with one attached hydrogen (secondary N) is 1. The molecule has 0 saturated carbocycles. The Morgan fingerprint density at radius 1 is 0.914 bits per heavy atom. The number of aryl methyl sites for hydroxylation is 2. The Hall–Kier alpha value is -3.45. The molecule has 0 saturated heterocycles. The van der Waals surface area contributed by atoms with E-state index in [0.29, 0.717) is 17.5 Å². The standard InChI is InChI=1S/C28H32N2O4S/c1-18-6-7-19(2)24(14-18)29-28(35)30-13-12-20-15-26(32-4)27(33-5)16-23(20)25(30)17-34-22-10-8-21(31-3)9-11-22/h6-11,14-16,25H,12-13,17H2,1-5H3,(H,29,35). The molecule has 0 aromatic heterocycles. The Morgan fingerprint density at radius 3 is 2.29 bits per heavy atom. The minimum absolute atomic E-state index is 0.106. The predicted octanol–water partition coefficient (Wildman–Crippen LogP) is 5.70. The molecule has 0 amide bonds. The van der Waals surface area contributed by atoms with Crippen LogP contribution in [0.2, 0.25) is 0 Å². The molecule has 184 valence electrons. The van der Waals surface area contributed by atoms with Crippen LogP contribution in [-0.2, 0) is 6.42 Å². The first-order valence-electron chi connectivity index (χ1n) is 11.6. The topological polar surface area (TPSA) is 52.2 Å². The summed E-state index contributed by atoms with van der Waals surface area (Å²) >= 11 is 5.93. The van der Waals surface area contributed by atoms with E-state index in [4.69, 9.17) is 31.2 Å². The van der Waals surface area contributed by atoms with E-state index in [2.05, 4.69) is 48.3 Å². The van der Waals surface area contributed by atoms with Gasteiger partial charge in [-0.15, -0.1) is 0 Å². The molecule has 0 bridgehead atoms. The number of thiocarbonyl (C=S) groups is 1. The molecule has 0 aliphatic carbocycles. The van der Waals surface area contributed by atoms with Crippen LogP contribution in [-0.4, -0.2) is 44.5 Å². The van der Waals surface area contributed by atoms with E-state index in [-0.39, 0.29) is 6.04 Å². The molecule has 6 nitrogen and oxygen atoms in total. The van der Waals surface area contributed by atoms with Crippen molar-refractivity contribution in [2.45, 2.75) is 26.3 Å². The SMILES string of the molecule is COc1ccc(OCC2c3cc(OC)c(OC)cc3CCN2C(=S)Nc2cc(C)ccc2C)cc1. The highest BCUT2D eigenvalue weighted by Gasteiger charge is 2.31. The lowest BCUT2D eigenvalue weighted by molar-refractivity contribution is 0.190. The number of nitrogens with zero attached hydrogens (tertiary/aromatic N) is 1. The molecule has 0 radical (unpaired) electrons. The Balaban J connectivity index is 1.65. The Morgan fingerprint density at radius 2 is 1.60 bits per heavy atom. The van der Waals surface area contributed by atoms with Gasteiger partial charge in [0.1, 0.15) is 18.1 Å². The third kappa shape index (κ3) is 5.46.